The van der Waals surface area contributed by atoms with Crippen LogP contribution in [0.2, 0.25) is 5.02 Å². The Bertz CT molecular complexity index is 752. The lowest BCUT2D eigenvalue weighted by atomic mass is 10.1. The molecule has 3 rings (SSSR count). The zero-order valence-corrected chi connectivity index (χ0v) is 12.9. The van der Waals surface area contributed by atoms with Crippen LogP contribution >= 0.6 is 11.6 Å². The van der Waals surface area contributed by atoms with Crippen molar-refractivity contribution in [3.8, 4) is 0 Å². The number of halogens is 1. The third-order valence-electron chi connectivity index (χ3n) is 3.60. The monoisotopic (exact) mass is 312 g/mol. The second kappa shape index (κ2) is 6.73. The highest BCUT2D eigenvalue weighted by Crippen LogP contribution is 2.19. The fourth-order valence-corrected chi connectivity index (χ4v) is 2.62. The smallest absolute Gasteiger partial charge is 0.0998 e. The maximum absolute atomic E-state index is 6.24. The van der Waals surface area contributed by atoms with Crippen LogP contribution in [-0.2, 0) is 19.5 Å². The molecule has 0 bridgehead atoms. The van der Waals surface area contributed by atoms with Crippen LogP contribution in [0.5, 0.6) is 0 Å². The number of nitrogens with two attached hydrogens (primary N) is 1. The van der Waals surface area contributed by atoms with Crippen LogP contribution in [0.3, 0.4) is 0 Å². The lowest BCUT2D eigenvalue weighted by Gasteiger charge is -2.09. The van der Waals surface area contributed by atoms with E-state index in [2.05, 4.69) is 22.4 Å². The van der Waals surface area contributed by atoms with Gasteiger partial charge in [0.15, 0.2) is 0 Å². The Balaban J connectivity index is 1.92. The Kier molecular flexibility index (Phi) is 4.51. The van der Waals surface area contributed by atoms with Gasteiger partial charge in [-0.05, 0) is 17.2 Å². The van der Waals surface area contributed by atoms with Crippen molar-refractivity contribution < 1.29 is 0 Å². The quantitative estimate of drug-likeness (QED) is 0.788. The minimum atomic E-state index is 0.380. The van der Waals surface area contributed by atoms with Crippen LogP contribution in [-0.4, -0.2) is 15.0 Å². The molecule has 2 N–H and O–H groups in total. The highest BCUT2D eigenvalue weighted by atomic mass is 35.5. The predicted octanol–water partition coefficient (Wildman–Crippen LogP) is 3.03. The molecule has 2 aromatic carbocycles. The maximum atomic E-state index is 6.24. The summed E-state index contributed by atoms with van der Waals surface area (Å²) in [4.78, 5) is 0. The number of hydrogen-bond acceptors (Lipinski definition) is 3. The summed E-state index contributed by atoms with van der Waals surface area (Å²) in [6.45, 7) is 0.972. The van der Waals surface area contributed by atoms with Gasteiger partial charge < -0.3 is 5.73 Å². The molecule has 0 aliphatic rings. The summed E-state index contributed by atoms with van der Waals surface area (Å²) in [7, 11) is 0. The largest absolute Gasteiger partial charge is 0.325 e. The average molecular weight is 313 g/mol. The fraction of sp³-hybridized carbons (Fsp3) is 0.176. The van der Waals surface area contributed by atoms with Crippen molar-refractivity contribution in [1.82, 2.24) is 15.0 Å². The van der Waals surface area contributed by atoms with Gasteiger partial charge in [-0.2, -0.15) is 0 Å². The Morgan fingerprint density at radius 2 is 1.73 bits per heavy atom. The number of hydrogen-bond donors (Lipinski definition) is 1. The molecule has 0 fully saturated rings. The highest BCUT2D eigenvalue weighted by molar-refractivity contribution is 6.31. The van der Waals surface area contributed by atoms with Crippen LogP contribution in [0.1, 0.15) is 22.5 Å². The van der Waals surface area contributed by atoms with Gasteiger partial charge in [0.2, 0.25) is 0 Å². The van der Waals surface area contributed by atoms with Gasteiger partial charge in [0.05, 0.1) is 17.9 Å². The third-order valence-corrected chi connectivity index (χ3v) is 3.97. The molecule has 22 heavy (non-hydrogen) atoms. The van der Waals surface area contributed by atoms with Gasteiger partial charge in [-0.15, -0.1) is 5.10 Å². The minimum absolute atomic E-state index is 0.380. The Morgan fingerprint density at radius 3 is 2.45 bits per heavy atom. The maximum Gasteiger partial charge on any atom is 0.0998 e. The number of rotatable bonds is 5. The van der Waals surface area contributed by atoms with Crippen molar-refractivity contribution >= 4 is 11.6 Å². The van der Waals surface area contributed by atoms with Crippen molar-refractivity contribution in [2.75, 3.05) is 0 Å². The van der Waals surface area contributed by atoms with Crippen LogP contribution in [0, 0.1) is 0 Å². The number of nitrogens with zero attached hydrogens (tertiary/aromatic N) is 3. The van der Waals surface area contributed by atoms with E-state index in [9.17, 15) is 0 Å². The zero-order valence-electron chi connectivity index (χ0n) is 12.1. The van der Waals surface area contributed by atoms with Crippen LogP contribution in [0.25, 0.3) is 0 Å². The molecular formula is C17H17ClN4. The second-order valence-corrected chi connectivity index (χ2v) is 5.51. The minimum Gasteiger partial charge on any atom is -0.325 e. The van der Waals surface area contributed by atoms with Gasteiger partial charge in [0, 0.05) is 18.0 Å². The summed E-state index contributed by atoms with van der Waals surface area (Å²) in [6.07, 6.45) is 0.755. The summed E-state index contributed by atoms with van der Waals surface area (Å²) in [6, 6.07) is 18.0. The van der Waals surface area contributed by atoms with E-state index in [0.29, 0.717) is 13.1 Å². The molecule has 1 aromatic heterocycles. The normalized spacial score (nSPS) is 10.8. The van der Waals surface area contributed by atoms with Gasteiger partial charge in [-0.25, -0.2) is 4.68 Å². The summed E-state index contributed by atoms with van der Waals surface area (Å²) in [5.74, 6) is 0. The van der Waals surface area contributed by atoms with Crippen molar-refractivity contribution in [1.29, 1.82) is 0 Å². The first-order chi connectivity index (χ1) is 10.8. The second-order valence-electron chi connectivity index (χ2n) is 5.10. The first-order valence-electron chi connectivity index (χ1n) is 7.16. The fourth-order valence-electron chi connectivity index (χ4n) is 2.42. The van der Waals surface area contributed by atoms with Crippen LogP contribution < -0.4 is 5.73 Å². The molecule has 3 aromatic rings. The molecule has 0 spiro atoms. The topological polar surface area (TPSA) is 56.7 Å². The molecule has 1 heterocycles. The Labute approximate surface area is 134 Å². The first-order valence-corrected chi connectivity index (χ1v) is 7.54. The summed E-state index contributed by atoms with van der Waals surface area (Å²) >= 11 is 6.24. The Hall–Kier alpha value is -2.17. The van der Waals surface area contributed by atoms with E-state index >= 15 is 0 Å². The van der Waals surface area contributed by atoms with Gasteiger partial charge in [-0.3, -0.25) is 0 Å². The summed E-state index contributed by atoms with van der Waals surface area (Å²) in [5, 5.41) is 9.18. The molecule has 0 aliphatic carbocycles. The molecular weight excluding hydrogens is 296 g/mol. The highest BCUT2D eigenvalue weighted by Gasteiger charge is 2.13. The van der Waals surface area contributed by atoms with Crippen molar-refractivity contribution in [2.24, 2.45) is 5.73 Å². The molecule has 0 saturated carbocycles. The molecule has 0 radical (unpaired) electrons. The van der Waals surface area contributed by atoms with Crippen molar-refractivity contribution in [3.63, 3.8) is 0 Å². The third kappa shape index (κ3) is 3.18. The Morgan fingerprint density at radius 1 is 1.00 bits per heavy atom. The van der Waals surface area contributed by atoms with Crippen LogP contribution in [0.4, 0.5) is 0 Å². The summed E-state index contributed by atoms with van der Waals surface area (Å²) in [5.41, 5.74) is 9.89. The van der Waals surface area contributed by atoms with Crippen molar-refractivity contribution in [3.05, 3.63) is 82.1 Å². The molecule has 5 heteroatoms. The lowest BCUT2D eigenvalue weighted by Crippen LogP contribution is -2.10. The van der Waals surface area contributed by atoms with E-state index in [1.807, 2.05) is 47.1 Å². The van der Waals surface area contributed by atoms with Crippen LogP contribution in [0.15, 0.2) is 54.6 Å². The number of aromatic nitrogens is 3. The van der Waals surface area contributed by atoms with Gasteiger partial charge in [0.25, 0.3) is 0 Å². The molecule has 0 unspecified atom stereocenters. The lowest BCUT2D eigenvalue weighted by molar-refractivity contribution is 0.625. The predicted molar refractivity (Wildman–Crippen MR) is 87.7 cm³/mol. The molecule has 0 aliphatic heterocycles. The zero-order chi connectivity index (χ0) is 15.4. The van der Waals surface area contributed by atoms with E-state index in [1.54, 1.807) is 0 Å². The van der Waals surface area contributed by atoms with E-state index in [0.717, 1.165) is 28.4 Å². The molecule has 112 valence electrons. The molecule has 0 amide bonds. The SMILES string of the molecule is NCc1nnn(Cc2ccccc2Cl)c1Cc1ccccc1. The molecule has 0 atom stereocenters. The molecule has 0 saturated heterocycles. The van der Waals surface area contributed by atoms with E-state index < -0.39 is 0 Å². The van der Waals surface area contributed by atoms with E-state index in [-0.39, 0.29) is 0 Å². The van der Waals surface area contributed by atoms with Gasteiger partial charge in [0.1, 0.15) is 0 Å². The molecule has 4 nitrogen and oxygen atoms in total. The van der Waals surface area contributed by atoms with E-state index in [4.69, 9.17) is 17.3 Å². The summed E-state index contributed by atoms with van der Waals surface area (Å²) < 4.78 is 1.89. The average Bonchev–Trinajstić information content (AvgIpc) is 2.92. The first kappa shape index (κ1) is 14.8. The van der Waals surface area contributed by atoms with E-state index in [1.165, 1.54) is 5.56 Å². The number of benzene rings is 2. The van der Waals surface area contributed by atoms with Gasteiger partial charge in [-0.1, -0.05) is 65.3 Å². The van der Waals surface area contributed by atoms with Gasteiger partial charge >= 0.3 is 0 Å². The standard InChI is InChI=1S/C17H17ClN4/c18-15-9-5-4-8-14(15)12-22-17(16(11-19)20-21-22)10-13-6-2-1-3-7-13/h1-9H,10-12,19H2. The van der Waals surface area contributed by atoms with Crippen molar-refractivity contribution in [2.45, 2.75) is 19.5 Å².